The minimum atomic E-state index is -3.51. The van der Waals surface area contributed by atoms with Gasteiger partial charge in [0.25, 0.3) is 0 Å². The molecule has 0 aliphatic rings. The molecule has 0 unspecified atom stereocenters. The summed E-state index contributed by atoms with van der Waals surface area (Å²) in [6.07, 6.45) is 1.24. The van der Waals surface area contributed by atoms with Crippen molar-refractivity contribution in [2.24, 2.45) is 0 Å². The van der Waals surface area contributed by atoms with Gasteiger partial charge in [0.05, 0.1) is 17.9 Å². The lowest BCUT2D eigenvalue weighted by atomic mass is 10.4. The van der Waals surface area contributed by atoms with Gasteiger partial charge in [0, 0.05) is 0 Å². The predicted octanol–water partition coefficient (Wildman–Crippen LogP) is 0.617. The number of nitriles is 2. The zero-order valence-corrected chi connectivity index (χ0v) is 7.63. The average molecular weight is 186 g/mol. The monoisotopic (exact) mass is 186 g/mol. The number of unbranched alkanes of at least 4 members (excludes halogenated alkanes) is 1. The maximum Gasteiger partial charge on any atom is 0.233 e. The van der Waals surface area contributed by atoms with E-state index >= 15 is 0 Å². The van der Waals surface area contributed by atoms with Crippen molar-refractivity contribution >= 4 is 9.84 Å². The number of rotatable bonds is 4. The van der Waals surface area contributed by atoms with Crippen molar-refractivity contribution in [1.29, 1.82) is 10.5 Å². The normalized spacial score (nSPS) is 10.7. The zero-order chi connectivity index (χ0) is 9.61. The lowest BCUT2D eigenvalue weighted by Crippen LogP contribution is -2.20. The van der Waals surface area contributed by atoms with Crippen molar-refractivity contribution in [1.82, 2.24) is 0 Å². The molecular formula is C7H10N2O2S. The van der Waals surface area contributed by atoms with Gasteiger partial charge in [-0.25, -0.2) is 8.42 Å². The lowest BCUT2D eigenvalue weighted by Gasteiger charge is -2.00. The van der Waals surface area contributed by atoms with Crippen LogP contribution in [0.15, 0.2) is 0 Å². The van der Waals surface area contributed by atoms with Crippen molar-refractivity contribution in [2.75, 3.05) is 5.75 Å². The van der Waals surface area contributed by atoms with Crippen LogP contribution in [0, 0.1) is 22.7 Å². The molecule has 0 bridgehead atoms. The maximum atomic E-state index is 11.1. The van der Waals surface area contributed by atoms with E-state index in [0.717, 1.165) is 6.42 Å². The van der Waals surface area contributed by atoms with Gasteiger partial charge >= 0.3 is 0 Å². The van der Waals surface area contributed by atoms with E-state index in [1.807, 2.05) is 6.92 Å². The summed E-state index contributed by atoms with van der Waals surface area (Å²) in [6, 6.07) is 2.90. The Labute approximate surface area is 72.3 Å². The van der Waals surface area contributed by atoms with Crippen molar-refractivity contribution in [3.8, 4) is 12.1 Å². The molecular weight excluding hydrogens is 176 g/mol. The highest BCUT2D eigenvalue weighted by Gasteiger charge is 2.23. The molecule has 4 nitrogen and oxygen atoms in total. The van der Waals surface area contributed by atoms with Crippen LogP contribution in [0.1, 0.15) is 19.8 Å². The molecule has 0 aliphatic carbocycles. The van der Waals surface area contributed by atoms with Gasteiger partial charge in [-0.05, 0) is 6.42 Å². The fourth-order valence-electron chi connectivity index (χ4n) is 0.653. The standard InChI is InChI=1S/C7H10N2O2S/c1-2-3-4-12(10,11)7(5-8)6-9/h7H,2-4H2,1H3. The van der Waals surface area contributed by atoms with Crippen molar-refractivity contribution < 1.29 is 8.42 Å². The SMILES string of the molecule is CCCCS(=O)(=O)C(C#N)C#N. The third kappa shape index (κ3) is 2.89. The van der Waals surface area contributed by atoms with E-state index in [2.05, 4.69) is 0 Å². The minimum Gasteiger partial charge on any atom is -0.226 e. The van der Waals surface area contributed by atoms with Crippen LogP contribution in [-0.2, 0) is 9.84 Å². The van der Waals surface area contributed by atoms with Gasteiger partial charge in [0.1, 0.15) is 0 Å². The summed E-state index contributed by atoms with van der Waals surface area (Å²) >= 11 is 0. The molecule has 0 N–H and O–H groups in total. The number of nitrogens with zero attached hydrogens (tertiary/aromatic N) is 2. The second-order valence-electron chi connectivity index (χ2n) is 2.36. The Kier molecular flexibility index (Phi) is 4.31. The van der Waals surface area contributed by atoms with Crippen LogP contribution in [0.25, 0.3) is 0 Å². The highest BCUT2D eigenvalue weighted by molar-refractivity contribution is 7.92. The molecule has 5 heteroatoms. The Balaban J connectivity index is 4.44. The van der Waals surface area contributed by atoms with Crippen LogP contribution in [0.2, 0.25) is 0 Å². The van der Waals surface area contributed by atoms with Crippen molar-refractivity contribution in [2.45, 2.75) is 25.0 Å². The summed E-state index contributed by atoms with van der Waals surface area (Å²) in [5, 5.41) is 15.1. The molecule has 0 aromatic heterocycles. The Morgan fingerprint density at radius 1 is 1.33 bits per heavy atom. The van der Waals surface area contributed by atoms with Crippen LogP contribution in [0.4, 0.5) is 0 Å². The van der Waals surface area contributed by atoms with Gasteiger partial charge in [0.15, 0.2) is 9.84 Å². The first-order valence-electron chi connectivity index (χ1n) is 3.59. The fraction of sp³-hybridized carbons (Fsp3) is 0.714. The Bertz CT molecular complexity index is 293. The molecule has 0 aromatic carbocycles. The molecule has 0 amide bonds. The Hall–Kier alpha value is -1.07. The van der Waals surface area contributed by atoms with Gasteiger partial charge in [-0.2, -0.15) is 10.5 Å². The third-order valence-corrected chi connectivity index (χ3v) is 3.16. The first-order valence-corrected chi connectivity index (χ1v) is 5.30. The molecule has 0 fully saturated rings. The topological polar surface area (TPSA) is 81.7 Å². The third-order valence-electron chi connectivity index (χ3n) is 1.38. The molecule has 0 radical (unpaired) electrons. The number of hydrogen-bond donors (Lipinski definition) is 0. The fourth-order valence-corrected chi connectivity index (χ4v) is 1.90. The van der Waals surface area contributed by atoms with Crippen LogP contribution in [-0.4, -0.2) is 19.4 Å². The van der Waals surface area contributed by atoms with E-state index in [0.29, 0.717) is 6.42 Å². The van der Waals surface area contributed by atoms with Crippen LogP contribution in [0.3, 0.4) is 0 Å². The second-order valence-corrected chi connectivity index (χ2v) is 4.56. The minimum absolute atomic E-state index is 0.0741. The summed E-state index contributed by atoms with van der Waals surface area (Å²) in [7, 11) is -3.51. The van der Waals surface area contributed by atoms with Gasteiger partial charge in [-0.3, -0.25) is 0 Å². The molecule has 0 atom stereocenters. The molecule has 0 saturated heterocycles. The van der Waals surface area contributed by atoms with E-state index in [1.165, 1.54) is 12.1 Å². The Morgan fingerprint density at radius 2 is 1.83 bits per heavy atom. The first kappa shape index (κ1) is 10.9. The molecule has 66 valence electrons. The van der Waals surface area contributed by atoms with Crippen molar-refractivity contribution in [3.63, 3.8) is 0 Å². The largest absolute Gasteiger partial charge is 0.233 e. The molecule has 0 aliphatic heterocycles. The summed E-state index contributed by atoms with van der Waals surface area (Å²) in [6.45, 7) is 1.85. The van der Waals surface area contributed by atoms with Crippen LogP contribution in [0.5, 0.6) is 0 Å². The van der Waals surface area contributed by atoms with Gasteiger partial charge < -0.3 is 0 Å². The van der Waals surface area contributed by atoms with Crippen LogP contribution >= 0.6 is 0 Å². The quantitative estimate of drug-likeness (QED) is 0.644. The smallest absolute Gasteiger partial charge is 0.226 e. The number of sulfone groups is 1. The molecule has 0 aromatic rings. The zero-order valence-electron chi connectivity index (χ0n) is 6.82. The van der Waals surface area contributed by atoms with Crippen molar-refractivity contribution in [3.05, 3.63) is 0 Å². The van der Waals surface area contributed by atoms with E-state index in [1.54, 1.807) is 0 Å². The van der Waals surface area contributed by atoms with Gasteiger partial charge in [0.2, 0.25) is 5.25 Å². The first-order chi connectivity index (χ1) is 5.58. The molecule has 12 heavy (non-hydrogen) atoms. The summed E-state index contributed by atoms with van der Waals surface area (Å²) in [4.78, 5) is 0. The van der Waals surface area contributed by atoms with E-state index < -0.39 is 15.1 Å². The summed E-state index contributed by atoms with van der Waals surface area (Å²) in [5.41, 5.74) is 0. The lowest BCUT2D eigenvalue weighted by molar-refractivity contribution is 0.592. The summed E-state index contributed by atoms with van der Waals surface area (Å²) in [5.74, 6) is -0.0741. The van der Waals surface area contributed by atoms with E-state index in [4.69, 9.17) is 10.5 Å². The summed E-state index contributed by atoms with van der Waals surface area (Å²) < 4.78 is 22.2. The maximum absolute atomic E-state index is 11.1. The van der Waals surface area contributed by atoms with E-state index in [-0.39, 0.29) is 5.75 Å². The van der Waals surface area contributed by atoms with Gasteiger partial charge in [-0.1, -0.05) is 13.3 Å². The molecule has 0 heterocycles. The molecule has 0 spiro atoms. The second kappa shape index (κ2) is 4.74. The highest BCUT2D eigenvalue weighted by Crippen LogP contribution is 2.03. The van der Waals surface area contributed by atoms with E-state index in [9.17, 15) is 8.42 Å². The Morgan fingerprint density at radius 3 is 2.17 bits per heavy atom. The predicted molar refractivity (Wildman–Crippen MR) is 43.7 cm³/mol. The number of hydrogen-bond acceptors (Lipinski definition) is 4. The highest BCUT2D eigenvalue weighted by atomic mass is 32.2. The van der Waals surface area contributed by atoms with Gasteiger partial charge in [-0.15, -0.1) is 0 Å². The van der Waals surface area contributed by atoms with Crippen LogP contribution < -0.4 is 0 Å². The average Bonchev–Trinajstić information content (AvgIpc) is 2.03. The molecule has 0 rings (SSSR count). The molecule has 0 saturated carbocycles.